The van der Waals surface area contributed by atoms with Crippen LogP contribution < -0.4 is 10.6 Å². The first-order valence-corrected chi connectivity index (χ1v) is 11.4. The van der Waals surface area contributed by atoms with E-state index in [0.29, 0.717) is 11.5 Å². The fourth-order valence-corrected chi connectivity index (χ4v) is 4.56. The molecular formula is C26H32N4O2. The van der Waals surface area contributed by atoms with Crippen molar-refractivity contribution in [2.24, 2.45) is 0 Å². The number of amides is 2. The number of fused-ring (bicyclic) bond motifs is 1. The van der Waals surface area contributed by atoms with E-state index in [2.05, 4.69) is 47.4 Å². The minimum absolute atomic E-state index is 0.0212. The number of nitrogens with zero attached hydrogens (tertiary/aromatic N) is 1. The Balaban J connectivity index is 1.30. The van der Waals surface area contributed by atoms with Gasteiger partial charge in [0.25, 0.3) is 5.91 Å². The summed E-state index contributed by atoms with van der Waals surface area (Å²) in [5.41, 5.74) is 3.97. The maximum atomic E-state index is 12.5. The van der Waals surface area contributed by atoms with E-state index in [1.807, 2.05) is 42.7 Å². The number of pyridine rings is 1. The molecule has 0 spiro atoms. The van der Waals surface area contributed by atoms with Crippen molar-refractivity contribution in [3.8, 4) is 0 Å². The number of aromatic nitrogens is 2. The number of aromatic amines is 1. The lowest BCUT2D eigenvalue weighted by atomic mass is 9.82. The summed E-state index contributed by atoms with van der Waals surface area (Å²) in [5.74, 6) is -0.0574. The van der Waals surface area contributed by atoms with Crippen LogP contribution in [-0.2, 0) is 10.2 Å². The van der Waals surface area contributed by atoms with Crippen LogP contribution in [0.5, 0.6) is 0 Å². The molecule has 1 fully saturated rings. The number of carbonyl (C=O) groups is 2. The molecule has 1 aromatic carbocycles. The fraction of sp³-hybridized carbons (Fsp3) is 0.423. The number of hydrogen-bond acceptors (Lipinski definition) is 3. The van der Waals surface area contributed by atoms with Crippen LogP contribution in [0.15, 0.2) is 48.8 Å². The summed E-state index contributed by atoms with van der Waals surface area (Å²) in [5, 5.41) is 7.01. The van der Waals surface area contributed by atoms with Crippen LogP contribution >= 0.6 is 0 Å². The number of nitrogens with one attached hydrogen (secondary N) is 3. The van der Waals surface area contributed by atoms with Crippen molar-refractivity contribution in [3.63, 3.8) is 0 Å². The predicted octanol–water partition coefficient (Wildman–Crippen LogP) is 4.43. The highest BCUT2D eigenvalue weighted by Gasteiger charge is 2.26. The van der Waals surface area contributed by atoms with Crippen molar-refractivity contribution >= 4 is 22.7 Å². The molecule has 32 heavy (non-hydrogen) atoms. The van der Waals surface area contributed by atoms with Crippen LogP contribution in [0.2, 0.25) is 0 Å². The Morgan fingerprint density at radius 3 is 2.62 bits per heavy atom. The van der Waals surface area contributed by atoms with Gasteiger partial charge in [0.1, 0.15) is 0 Å². The van der Waals surface area contributed by atoms with Gasteiger partial charge in [-0.3, -0.25) is 14.6 Å². The van der Waals surface area contributed by atoms with E-state index in [1.165, 1.54) is 5.56 Å². The Bertz CT molecular complexity index is 1090. The summed E-state index contributed by atoms with van der Waals surface area (Å²) in [4.78, 5) is 32.8. The van der Waals surface area contributed by atoms with E-state index >= 15 is 0 Å². The molecule has 1 aliphatic carbocycles. The standard InChI is InChI=1S/C26H32N4O2/c1-26(2,3)19-9-7-17(8-10-19)25(32)29-16-23(31)30-20-6-4-5-18(15-20)24-21-11-13-27-22(21)12-14-28-24/h7-14,18,20,27H,4-6,15-16H2,1-3H3,(H,29,32)(H,30,31). The minimum atomic E-state index is -0.231. The number of hydrogen-bond donors (Lipinski definition) is 3. The first-order chi connectivity index (χ1) is 15.3. The Hall–Kier alpha value is -3.15. The smallest absolute Gasteiger partial charge is 0.251 e. The van der Waals surface area contributed by atoms with Crippen LogP contribution in [0.4, 0.5) is 0 Å². The third kappa shape index (κ3) is 5.01. The first kappa shape index (κ1) is 22.1. The zero-order chi connectivity index (χ0) is 22.7. The molecule has 0 bridgehead atoms. The zero-order valence-corrected chi connectivity index (χ0v) is 19.1. The summed E-state index contributed by atoms with van der Waals surface area (Å²) in [6, 6.07) is 11.7. The molecule has 2 amide bonds. The van der Waals surface area contributed by atoms with Gasteiger partial charge in [0.15, 0.2) is 0 Å². The van der Waals surface area contributed by atoms with Gasteiger partial charge in [0.2, 0.25) is 5.91 Å². The van der Waals surface area contributed by atoms with Gasteiger partial charge in [-0.2, -0.15) is 0 Å². The molecule has 3 aromatic rings. The van der Waals surface area contributed by atoms with E-state index in [-0.39, 0.29) is 29.8 Å². The molecule has 2 aromatic heterocycles. The molecule has 1 aliphatic rings. The van der Waals surface area contributed by atoms with Crippen LogP contribution in [0.3, 0.4) is 0 Å². The van der Waals surface area contributed by atoms with Gasteiger partial charge >= 0.3 is 0 Å². The number of H-pyrrole nitrogens is 1. The molecule has 0 radical (unpaired) electrons. The highest BCUT2D eigenvalue weighted by Crippen LogP contribution is 2.35. The summed E-state index contributed by atoms with van der Waals surface area (Å²) >= 11 is 0. The minimum Gasteiger partial charge on any atom is -0.361 e. The lowest BCUT2D eigenvalue weighted by Crippen LogP contribution is -2.43. The Morgan fingerprint density at radius 1 is 1.09 bits per heavy atom. The van der Waals surface area contributed by atoms with E-state index in [0.717, 1.165) is 42.3 Å². The van der Waals surface area contributed by atoms with Gasteiger partial charge in [-0.25, -0.2) is 0 Å². The molecule has 2 unspecified atom stereocenters. The fourth-order valence-electron chi connectivity index (χ4n) is 4.56. The molecule has 6 nitrogen and oxygen atoms in total. The molecule has 168 valence electrons. The zero-order valence-electron chi connectivity index (χ0n) is 19.1. The second-order valence-corrected chi connectivity index (χ2v) is 9.77. The Morgan fingerprint density at radius 2 is 1.88 bits per heavy atom. The molecule has 1 saturated carbocycles. The van der Waals surface area contributed by atoms with Crippen LogP contribution in [0, 0.1) is 0 Å². The topological polar surface area (TPSA) is 86.9 Å². The first-order valence-electron chi connectivity index (χ1n) is 11.4. The highest BCUT2D eigenvalue weighted by atomic mass is 16.2. The molecule has 0 aliphatic heterocycles. The summed E-state index contributed by atoms with van der Waals surface area (Å²) in [7, 11) is 0. The highest BCUT2D eigenvalue weighted by molar-refractivity contribution is 5.96. The monoisotopic (exact) mass is 432 g/mol. The van der Waals surface area contributed by atoms with E-state index in [1.54, 1.807) is 0 Å². The Kier molecular flexibility index (Phi) is 6.31. The number of benzene rings is 1. The van der Waals surface area contributed by atoms with E-state index < -0.39 is 0 Å². The molecular weight excluding hydrogens is 400 g/mol. The third-order valence-electron chi connectivity index (χ3n) is 6.36. The lowest BCUT2D eigenvalue weighted by Gasteiger charge is -2.29. The average molecular weight is 433 g/mol. The maximum absolute atomic E-state index is 12.5. The molecule has 6 heteroatoms. The second-order valence-electron chi connectivity index (χ2n) is 9.77. The van der Waals surface area contributed by atoms with Crippen molar-refractivity contribution < 1.29 is 9.59 Å². The maximum Gasteiger partial charge on any atom is 0.251 e. The quantitative estimate of drug-likeness (QED) is 0.557. The molecule has 2 atom stereocenters. The van der Waals surface area contributed by atoms with Crippen molar-refractivity contribution in [1.82, 2.24) is 20.6 Å². The molecule has 4 rings (SSSR count). The summed E-state index contributed by atoms with van der Waals surface area (Å²) < 4.78 is 0. The van der Waals surface area contributed by atoms with Crippen LogP contribution in [0.25, 0.3) is 10.9 Å². The number of rotatable bonds is 5. The predicted molar refractivity (Wildman–Crippen MR) is 127 cm³/mol. The van der Waals surface area contributed by atoms with Crippen LogP contribution in [0.1, 0.15) is 74.0 Å². The van der Waals surface area contributed by atoms with Gasteiger partial charge in [0, 0.05) is 40.8 Å². The van der Waals surface area contributed by atoms with Gasteiger partial charge in [-0.1, -0.05) is 39.3 Å². The molecule has 2 heterocycles. The van der Waals surface area contributed by atoms with E-state index in [4.69, 9.17) is 0 Å². The normalized spacial score (nSPS) is 19.0. The second kappa shape index (κ2) is 9.15. The van der Waals surface area contributed by atoms with Gasteiger partial charge in [-0.15, -0.1) is 0 Å². The van der Waals surface area contributed by atoms with Gasteiger partial charge < -0.3 is 15.6 Å². The van der Waals surface area contributed by atoms with Crippen molar-refractivity contribution in [2.45, 2.75) is 63.8 Å². The van der Waals surface area contributed by atoms with Crippen molar-refractivity contribution in [2.75, 3.05) is 6.54 Å². The SMILES string of the molecule is CC(C)(C)c1ccc(C(=O)NCC(=O)NC2CCCC(c3nccc4[nH]ccc34)C2)cc1. The Labute approximate surface area is 189 Å². The molecule has 3 N–H and O–H groups in total. The summed E-state index contributed by atoms with van der Waals surface area (Å²) in [6.45, 7) is 6.39. The average Bonchev–Trinajstić information content (AvgIpc) is 3.26. The lowest BCUT2D eigenvalue weighted by molar-refractivity contribution is -0.121. The van der Waals surface area contributed by atoms with E-state index in [9.17, 15) is 9.59 Å². The third-order valence-corrected chi connectivity index (χ3v) is 6.36. The molecule has 0 saturated heterocycles. The van der Waals surface area contributed by atoms with Gasteiger partial charge in [-0.05, 0) is 54.5 Å². The van der Waals surface area contributed by atoms with Crippen molar-refractivity contribution in [1.29, 1.82) is 0 Å². The van der Waals surface area contributed by atoms with Crippen LogP contribution in [-0.4, -0.2) is 34.4 Å². The van der Waals surface area contributed by atoms with Crippen molar-refractivity contribution in [3.05, 3.63) is 65.6 Å². The van der Waals surface area contributed by atoms with Gasteiger partial charge in [0.05, 0.1) is 12.2 Å². The largest absolute Gasteiger partial charge is 0.361 e. The number of carbonyl (C=O) groups excluding carboxylic acids is 2. The summed E-state index contributed by atoms with van der Waals surface area (Å²) in [6.07, 6.45) is 7.73.